The number of hydrogen-bond acceptors (Lipinski definition) is 4. The van der Waals surface area contributed by atoms with Crippen molar-refractivity contribution in [3.63, 3.8) is 0 Å². The Bertz CT molecular complexity index is 299. The van der Waals surface area contributed by atoms with Crippen LogP contribution in [0.15, 0.2) is 0 Å². The summed E-state index contributed by atoms with van der Waals surface area (Å²) in [6.07, 6.45) is 2.16. The van der Waals surface area contributed by atoms with Crippen LogP contribution in [0.2, 0.25) is 0 Å². The van der Waals surface area contributed by atoms with Crippen molar-refractivity contribution < 1.29 is 8.42 Å². The van der Waals surface area contributed by atoms with Crippen LogP contribution >= 0.6 is 0 Å². The molecule has 7 heteroatoms. The quantitative estimate of drug-likeness (QED) is 0.650. The maximum Gasteiger partial charge on any atom is 0.276 e. The number of nitrogens with two attached hydrogens (primary N) is 2. The Morgan fingerprint density at radius 2 is 1.81 bits per heavy atom. The summed E-state index contributed by atoms with van der Waals surface area (Å²) in [5, 5.41) is 5.08. The van der Waals surface area contributed by atoms with Gasteiger partial charge in [-0.15, -0.1) is 0 Å². The van der Waals surface area contributed by atoms with Crippen molar-refractivity contribution in [1.29, 1.82) is 0 Å². The smallest absolute Gasteiger partial charge is 0.276 e. The van der Waals surface area contributed by atoms with Crippen LogP contribution in [0, 0.1) is 0 Å². The van der Waals surface area contributed by atoms with Gasteiger partial charge in [-0.25, -0.2) is 5.14 Å². The second kappa shape index (κ2) is 5.92. The molecule has 1 aliphatic rings. The van der Waals surface area contributed by atoms with Gasteiger partial charge in [-0.1, -0.05) is 13.3 Å². The third-order valence-corrected chi connectivity index (χ3v) is 4.13. The zero-order valence-electron chi connectivity index (χ0n) is 9.80. The maximum absolute atomic E-state index is 11.1. The van der Waals surface area contributed by atoms with E-state index in [4.69, 9.17) is 10.9 Å². The summed E-state index contributed by atoms with van der Waals surface area (Å²) < 4.78 is 23.6. The molecule has 0 aliphatic carbocycles. The lowest BCUT2D eigenvalue weighted by atomic mass is 10.1. The molecule has 6 nitrogen and oxygen atoms in total. The van der Waals surface area contributed by atoms with Gasteiger partial charge >= 0.3 is 0 Å². The SMILES string of the molecule is CCCC(CN)N1CCN(S(N)(=O)=O)CC1. The molecule has 96 valence electrons. The summed E-state index contributed by atoms with van der Waals surface area (Å²) in [4.78, 5) is 2.26. The van der Waals surface area contributed by atoms with E-state index in [2.05, 4.69) is 11.8 Å². The molecule has 1 unspecified atom stereocenters. The summed E-state index contributed by atoms with van der Waals surface area (Å²) in [5.74, 6) is 0. The molecule has 4 N–H and O–H groups in total. The van der Waals surface area contributed by atoms with E-state index in [1.54, 1.807) is 0 Å². The largest absolute Gasteiger partial charge is 0.329 e. The molecule has 0 aromatic carbocycles. The highest BCUT2D eigenvalue weighted by atomic mass is 32.2. The Balaban J connectivity index is 2.47. The van der Waals surface area contributed by atoms with Crippen molar-refractivity contribution in [3.05, 3.63) is 0 Å². The summed E-state index contributed by atoms with van der Waals surface area (Å²) in [5.41, 5.74) is 5.71. The summed E-state index contributed by atoms with van der Waals surface area (Å²) >= 11 is 0. The van der Waals surface area contributed by atoms with Crippen LogP contribution in [0.1, 0.15) is 19.8 Å². The highest BCUT2D eigenvalue weighted by Crippen LogP contribution is 2.11. The average molecular weight is 250 g/mol. The van der Waals surface area contributed by atoms with Gasteiger partial charge in [0.05, 0.1) is 0 Å². The van der Waals surface area contributed by atoms with Crippen LogP contribution in [0.25, 0.3) is 0 Å². The van der Waals surface area contributed by atoms with Crippen LogP contribution in [-0.4, -0.2) is 56.4 Å². The predicted molar refractivity (Wildman–Crippen MR) is 64.0 cm³/mol. The zero-order chi connectivity index (χ0) is 12.2. The monoisotopic (exact) mass is 250 g/mol. The third kappa shape index (κ3) is 3.67. The van der Waals surface area contributed by atoms with E-state index in [-0.39, 0.29) is 0 Å². The molecule has 1 fully saturated rings. The van der Waals surface area contributed by atoms with Gasteiger partial charge in [0.1, 0.15) is 0 Å². The Morgan fingerprint density at radius 3 is 2.19 bits per heavy atom. The van der Waals surface area contributed by atoms with E-state index in [9.17, 15) is 8.42 Å². The van der Waals surface area contributed by atoms with Crippen molar-refractivity contribution in [2.75, 3.05) is 32.7 Å². The summed E-state index contributed by atoms with van der Waals surface area (Å²) in [6, 6.07) is 0.368. The second-order valence-corrected chi connectivity index (χ2v) is 5.70. The topological polar surface area (TPSA) is 92.7 Å². The predicted octanol–water partition coefficient (Wildman–Crippen LogP) is -1.07. The van der Waals surface area contributed by atoms with Crippen LogP contribution < -0.4 is 10.9 Å². The number of piperazine rings is 1. The lowest BCUT2D eigenvalue weighted by Gasteiger charge is -2.37. The maximum atomic E-state index is 11.1. The lowest BCUT2D eigenvalue weighted by molar-refractivity contribution is 0.133. The molecule has 1 atom stereocenters. The van der Waals surface area contributed by atoms with Gasteiger partial charge in [0.15, 0.2) is 0 Å². The first-order chi connectivity index (χ1) is 7.49. The molecule has 1 heterocycles. The van der Waals surface area contributed by atoms with Crippen LogP contribution in [0.4, 0.5) is 0 Å². The van der Waals surface area contributed by atoms with Gasteiger partial charge in [-0.05, 0) is 6.42 Å². The van der Waals surface area contributed by atoms with Gasteiger partial charge < -0.3 is 5.73 Å². The molecule has 0 spiro atoms. The minimum Gasteiger partial charge on any atom is -0.329 e. The van der Waals surface area contributed by atoms with Gasteiger partial charge in [0.25, 0.3) is 10.2 Å². The fourth-order valence-electron chi connectivity index (χ4n) is 2.11. The number of nitrogens with zero attached hydrogens (tertiary/aromatic N) is 2. The van der Waals surface area contributed by atoms with Gasteiger partial charge in [0, 0.05) is 38.8 Å². The standard InChI is InChI=1S/C9H22N4O2S/c1-2-3-9(8-10)12-4-6-13(7-5-12)16(11,14)15/h9H,2-8,10H2,1H3,(H2,11,14,15). The lowest BCUT2D eigenvalue weighted by Crippen LogP contribution is -2.54. The molecular weight excluding hydrogens is 228 g/mol. The van der Waals surface area contributed by atoms with E-state index < -0.39 is 10.2 Å². The molecule has 1 saturated heterocycles. The molecule has 0 aromatic rings. The molecule has 16 heavy (non-hydrogen) atoms. The fourth-order valence-corrected chi connectivity index (χ4v) is 2.78. The fraction of sp³-hybridized carbons (Fsp3) is 1.00. The van der Waals surface area contributed by atoms with Gasteiger partial charge in [0.2, 0.25) is 0 Å². The molecule has 0 aromatic heterocycles. The van der Waals surface area contributed by atoms with E-state index in [0.29, 0.717) is 25.7 Å². The Labute approximate surface area is 97.7 Å². The van der Waals surface area contributed by atoms with Crippen LogP contribution in [-0.2, 0) is 10.2 Å². The van der Waals surface area contributed by atoms with Gasteiger partial charge in [-0.3, -0.25) is 4.90 Å². The first-order valence-corrected chi connectivity index (χ1v) is 7.21. The molecule has 0 saturated carbocycles. The van der Waals surface area contributed by atoms with E-state index in [0.717, 1.165) is 25.9 Å². The zero-order valence-corrected chi connectivity index (χ0v) is 10.6. The molecule has 1 rings (SSSR count). The van der Waals surface area contributed by atoms with Crippen molar-refractivity contribution >= 4 is 10.2 Å². The number of hydrogen-bond donors (Lipinski definition) is 2. The molecule has 1 aliphatic heterocycles. The highest BCUT2D eigenvalue weighted by molar-refractivity contribution is 7.86. The molecule has 0 amide bonds. The van der Waals surface area contributed by atoms with Crippen LogP contribution in [0.3, 0.4) is 0 Å². The second-order valence-electron chi connectivity index (χ2n) is 4.16. The first kappa shape index (κ1) is 13.9. The Kier molecular flexibility index (Phi) is 5.13. The van der Waals surface area contributed by atoms with E-state index in [1.807, 2.05) is 0 Å². The van der Waals surface area contributed by atoms with Crippen LogP contribution in [0.5, 0.6) is 0 Å². The highest BCUT2D eigenvalue weighted by Gasteiger charge is 2.26. The molecule has 0 radical (unpaired) electrons. The van der Waals surface area contributed by atoms with Crippen molar-refractivity contribution in [2.45, 2.75) is 25.8 Å². The number of rotatable bonds is 5. The minimum absolute atomic E-state index is 0.368. The minimum atomic E-state index is -3.52. The first-order valence-electron chi connectivity index (χ1n) is 5.71. The Morgan fingerprint density at radius 1 is 1.25 bits per heavy atom. The molecular formula is C9H22N4O2S. The van der Waals surface area contributed by atoms with Crippen molar-refractivity contribution in [3.8, 4) is 0 Å². The Hall–Kier alpha value is -0.210. The summed E-state index contributed by atoms with van der Waals surface area (Å²) in [7, 11) is -3.52. The van der Waals surface area contributed by atoms with Crippen molar-refractivity contribution in [2.24, 2.45) is 10.9 Å². The normalized spacial score (nSPS) is 22.2. The molecule has 0 bridgehead atoms. The van der Waals surface area contributed by atoms with E-state index >= 15 is 0 Å². The van der Waals surface area contributed by atoms with Crippen molar-refractivity contribution in [1.82, 2.24) is 9.21 Å². The van der Waals surface area contributed by atoms with Gasteiger partial charge in [-0.2, -0.15) is 12.7 Å². The summed E-state index contributed by atoms with van der Waals surface area (Å²) in [6.45, 7) is 5.14. The average Bonchev–Trinajstić information content (AvgIpc) is 2.25. The van der Waals surface area contributed by atoms with E-state index in [1.165, 1.54) is 4.31 Å². The third-order valence-electron chi connectivity index (χ3n) is 3.04.